The van der Waals surface area contributed by atoms with Crippen molar-refractivity contribution >= 4 is 12.4 Å². The van der Waals surface area contributed by atoms with Crippen molar-refractivity contribution in [2.45, 2.75) is 31.0 Å². The molecule has 0 bridgehead atoms. The first-order valence-electron chi connectivity index (χ1n) is 4.72. The van der Waals surface area contributed by atoms with Crippen molar-refractivity contribution in [3.8, 4) is 0 Å². The van der Waals surface area contributed by atoms with Crippen molar-refractivity contribution < 1.29 is 9.47 Å². The smallest absolute Gasteiger partial charge is 0.0832 e. The van der Waals surface area contributed by atoms with E-state index in [2.05, 4.69) is 5.32 Å². The van der Waals surface area contributed by atoms with E-state index in [9.17, 15) is 0 Å². The Morgan fingerprint density at radius 2 is 2.38 bits per heavy atom. The zero-order valence-corrected chi connectivity index (χ0v) is 8.86. The number of ether oxygens (including phenoxy) is 2. The van der Waals surface area contributed by atoms with Crippen LogP contribution >= 0.6 is 12.4 Å². The highest BCUT2D eigenvalue weighted by atomic mass is 35.5. The summed E-state index contributed by atoms with van der Waals surface area (Å²) in [6, 6.07) is 0. The lowest BCUT2D eigenvalue weighted by Crippen LogP contribution is -2.48. The first-order chi connectivity index (χ1) is 5.85. The molecule has 1 N–H and O–H groups in total. The molecule has 0 aromatic carbocycles. The van der Waals surface area contributed by atoms with Gasteiger partial charge in [-0.25, -0.2) is 0 Å². The Morgan fingerprint density at radius 3 is 2.92 bits per heavy atom. The predicted octanol–water partition coefficient (Wildman–Crippen LogP) is 0.966. The molecule has 1 saturated carbocycles. The highest BCUT2D eigenvalue weighted by Gasteiger charge is 2.41. The Balaban J connectivity index is 0.000000845. The van der Waals surface area contributed by atoms with Gasteiger partial charge in [0.05, 0.1) is 18.3 Å². The van der Waals surface area contributed by atoms with Gasteiger partial charge >= 0.3 is 0 Å². The average Bonchev–Trinajstić information content (AvgIpc) is 2.50. The van der Waals surface area contributed by atoms with Crippen molar-refractivity contribution in [3.63, 3.8) is 0 Å². The van der Waals surface area contributed by atoms with E-state index in [1.807, 2.05) is 0 Å². The summed E-state index contributed by atoms with van der Waals surface area (Å²) >= 11 is 0. The zero-order chi connectivity index (χ0) is 8.44. The van der Waals surface area contributed by atoms with Crippen LogP contribution in [0.25, 0.3) is 0 Å². The van der Waals surface area contributed by atoms with Crippen LogP contribution < -0.4 is 5.32 Å². The van der Waals surface area contributed by atoms with E-state index in [4.69, 9.17) is 9.47 Å². The highest BCUT2D eigenvalue weighted by Crippen LogP contribution is 2.35. The molecule has 4 heteroatoms. The third-order valence-corrected chi connectivity index (χ3v) is 2.99. The van der Waals surface area contributed by atoms with Crippen LogP contribution in [0.15, 0.2) is 0 Å². The van der Waals surface area contributed by atoms with Gasteiger partial charge in [0.15, 0.2) is 0 Å². The standard InChI is InChI=1S/C9H17NO2.ClH/c1-11-8-2-3-9(6-8)7-10-4-5-12-9;/h8,10H,2-7H2,1H3;1H. The number of morpholine rings is 1. The summed E-state index contributed by atoms with van der Waals surface area (Å²) in [6.07, 6.45) is 3.79. The molecule has 3 nitrogen and oxygen atoms in total. The number of halogens is 1. The Hall–Kier alpha value is 0.170. The molecule has 1 heterocycles. The molecule has 1 aliphatic heterocycles. The largest absolute Gasteiger partial charge is 0.381 e. The molecule has 78 valence electrons. The normalized spacial score (nSPS) is 39.0. The maximum absolute atomic E-state index is 5.82. The summed E-state index contributed by atoms with van der Waals surface area (Å²) < 4.78 is 11.1. The van der Waals surface area contributed by atoms with Crippen LogP contribution in [-0.4, -0.2) is 38.5 Å². The molecule has 2 rings (SSSR count). The van der Waals surface area contributed by atoms with Gasteiger partial charge in [-0.15, -0.1) is 12.4 Å². The molecule has 1 saturated heterocycles. The van der Waals surface area contributed by atoms with Crippen LogP contribution in [0.5, 0.6) is 0 Å². The minimum Gasteiger partial charge on any atom is -0.381 e. The van der Waals surface area contributed by atoms with Crippen LogP contribution in [0.3, 0.4) is 0 Å². The van der Waals surface area contributed by atoms with Crippen LogP contribution in [0.4, 0.5) is 0 Å². The van der Waals surface area contributed by atoms with Gasteiger partial charge in [0.2, 0.25) is 0 Å². The third-order valence-electron chi connectivity index (χ3n) is 2.99. The van der Waals surface area contributed by atoms with Crippen molar-refractivity contribution in [2.75, 3.05) is 26.8 Å². The van der Waals surface area contributed by atoms with E-state index in [-0.39, 0.29) is 18.0 Å². The summed E-state index contributed by atoms with van der Waals surface area (Å²) in [6.45, 7) is 2.86. The predicted molar refractivity (Wildman–Crippen MR) is 53.4 cm³/mol. The fourth-order valence-electron chi connectivity index (χ4n) is 2.24. The van der Waals surface area contributed by atoms with Crippen molar-refractivity contribution in [1.82, 2.24) is 5.32 Å². The lowest BCUT2D eigenvalue weighted by molar-refractivity contribution is -0.0689. The second-order valence-corrected chi connectivity index (χ2v) is 3.81. The molecule has 0 amide bonds. The molecule has 2 fully saturated rings. The van der Waals surface area contributed by atoms with Crippen molar-refractivity contribution in [1.29, 1.82) is 0 Å². The average molecular weight is 208 g/mol. The molecule has 0 radical (unpaired) electrons. The molecule has 1 aliphatic carbocycles. The van der Waals surface area contributed by atoms with Gasteiger partial charge < -0.3 is 14.8 Å². The number of rotatable bonds is 1. The Labute approximate surface area is 85.6 Å². The quantitative estimate of drug-likeness (QED) is 0.695. The van der Waals surface area contributed by atoms with E-state index >= 15 is 0 Å². The van der Waals surface area contributed by atoms with Crippen LogP contribution in [0.2, 0.25) is 0 Å². The van der Waals surface area contributed by atoms with Crippen molar-refractivity contribution in [2.24, 2.45) is 0 Å². The number of hydrogen-bond acceptors (Lipinski definition) is 3. The Bertz CT molecular complexity index is 160. The maximum Gasteiger partial charge on any atom is 0.0832 e. The summed E-state index contributed by atoms with van der Waals surface area (Å²) in [5.74, 6) is 0. The lowest BCUT2D eigenvalue weighted by atomic mass is 10.0. The third kappa shape index (κ3) is 2.34. The van der Waals surface area contributed by atoms with E-state index in [1.54, 1.807) is 7.11 Å². The van der Waals surface area contributed by atoms with E-state index in [0.717, 1.165) is 39.0 Å². The number of hydrogen-bond donors (Lipinski definition) is 1. The highest BCUT2D eigenvalue weighted by molar-refractivity contribution is 5.85. The Morgan fingerprint density at radius 1 is 1.54 bits per heavy atom. The molecule has 0 aromatic heterocycles. The fraction of sp³-hybridized carbons (Fsp3) is 1.00. The zero-order valence-electron chi connectivity index (χ0n) is 8.04. The number of nitrogens with one attached hydrogen (secondary N) is 1. The summed E-state index contributed by atoms with van der Waals surface area (Å²) in [4.78, 5) is 0. The molecular formula is C9H18ClNO2. The molecule has 13 heavy (non-hydrogen) atoms. The van der Waals surface area contributed by atoms with E-state index in [1.165, 1.54) is 0 Å². The molecule has 2 aliphatic rings. The second kappa shape index (κ2) is 4.60. The van der Waals surface area contributed by atoms with Gasteiger partial charge in [-0.1, -0.05) is 0 Å². The SMILES string of the molecule is COC1CCC2(CNCCO2)C1.Cl. The topological polar surface area (TPSA) is 30.5 Å². The molecule has 0 aromatic rings. The number of methoxy groups -OCH3 is 1. The van der Waals surface area contributed by atoms with Gasteiger partial charge in [-0.3, -0.25) is 0 Å². The van der Waals surface area contributed by atoms with E-state index in [0.29, 0.717) is 6.10 Å². The first kappa shape index (κ1) is 11.2. The maximum atomic E-state index is 5.82. The van der Waals surface area contributed by atoms with Gasteiger partial charge in [-0.05, 0) is 12.8 Å². The minimum absolute atomic E-state index is 0. The van der Waals surface area contributed by atoms with Gasteiger partial charge in [0.1, 0.15) is 0 Å². The Kier molecular flexibility index (Phi) is 3.98. The van der Waals surface area contributed by atoms with Crippen molar-refractivity contribution in [3.05, 3.63) is 0 Å². The van der Waals surface area contributed by atoms with E-state index < -0.39 is 0 Å². The van der Waals surface area contributed by atoms with Gasteiger partial charge in [0.25, 0.3) is 0 Å². The van der Waals surface area contributed by atoms with Crippen LogP contribution in [0.1, 0.15) is 19.3 Å². The summed E-state index contributed by atoms with van der Waals surface area (Å²) in [5, 5.41) is 3.38. The summed E-state index contributed by atoms with van der Waals surface area (Å²) in [7, 11) is 1.79. The monoisotopic (exact) mass is 207 g/mol. The summed E-state index contributed by atoms with van der Waals surface area (Å²) in [5.41, 5.74) is 0.110. The molecule has 2 unspecified atom stereocenters. The molecule has 2 atom stereocenters. The fourth-order valence-corrected chi connectivity index (χ4v) is 2.24. The van der Waals surface area contributed by atoms with Crippen LogP contribution in [-0.2, 0) is 9.47 Å². The first-order valence-corrected chi connectivity index (χ1v) is 4.72. The minimum atomic E-state index is 0. The molecular weight excluding hydrogens is 190 g/mol. The van der Waals surface area contributed by atoms with Crippen LogP contribution in [0, 0.1) is 0 Å². The second-order valence-electron chi connectivity index (χ2n) is 3.81. The molecule has 1 spiro atoms. The lowest BCUT2D eigenvalue weighted by Gasteiger charge is -2.34. The van der Waals surface area contributed by atoms with Gasteiger partial charge in [0, 0.05) is 26.6 Å². The van der Waals surface area contributed by atoms with Gasteiger partial charge in [-0.2, -0.15) is 0 Å².